The van der Waals surface area contributed by atoms with Gasteiger partial charge in [-0.05, 0) is 30.3 Å². The van der Waals surface area contributed by atoms with E-state index in [4.69, 9.17) is 21.1 Å². The fraction of sp³-hybridized carbons (Fsp3) is 0.278. The van der Waals surface area contributed by atoms with E-state index < -0.39 is 15.9 Å². The molecule has 0 bridgehead atoms. The molecule has 1 N–H and O–H groups in total. The summed E-state index contributed by atoms with van der Waals surface area (Å²) in [6.45, 7) is 1.27. The molecule has 0 unspecified atom stereocenters. The lowest BCUT2D eigenvalue weighted by Gasteiger charge is -2.26. The van der Waals surface area contributed by atoms with E-state index >= 15 is 0 Å². The van der Waals surface area contributed by atoms with Crippen molar-refractivity contribution in [3.05, 3.63) is 53.1 Å². The molecule has 0 aliphatic carbocycles. The van der Waals surface area contributed by atoms with Crippen molar-refractivity contribution in [3.8, 4) is 5.75 Å². The maximum atomic E-state index is 12.8. The van der Waals surface area contributed by atoms with Crippen LogP contribution >= 0.6 is 11.6 Å². The Hall–Kier alpha value is -2.13. The number of hydrogen-bond donors (Lipinski definition) is 1. The second-order valence-corrected chi connectivity index (χ2v) is 8.16. The smallest absolute Gasteiger partial charge is 0.259 e. The number of hydrogen-bond acceptors (Lipinski definition) is 5. The molecule has 9 heteroatoms. The van der Waals surface area contributed by atoms with Crippen molar-refractivity contribution < 1.29 is 22.7 Å². The van der Waals surface area contributed by atoms with Crippen molar-refractivity contribution in [1.82, 2.24) is 4.31 Å². The largest absolute Gasteiger partial charge is 0.496 e. The Kier molecular flexibility index (Phi) is 6.01. The number of carbonyl (C=O) groups excluding carboxylic acids is 1. The molecule has 1 amide bonds. The third-order valence-electron chi connectivity index (χ3n) is 4.15. The van der Waals surface area contributed by atoms with Gasteiger partial charge in [-0.1, -0.05) is 23.7 Å². The van der Waals surface area contributed by atoms with Crippen LogP contribution in [0.3, 0.4) is 0 Å². The second kappa shape index (κ2) is 8.26. The van der Waals surface area contributed by atoms with Crippen LogP contribution < -0.4 is 10.1 Å². The molecule has 1 heterocycles. The molecule has 0 atom stereocenters. The number of para-hydroxylation sites is 1. The summed E-state index contributed by atoms with van der Waals surface area (Å²) in [5, 5.41) is 2.89. The number of morpholine rings is 1. The fourth-order valence-electron chi connectivity index (χ4n) is 2.72. The zero-order valence-corrected chi connectivity index (χ0v) is 16.2. The van der Waals surface area contributed by atoms with Crippen LogP contribution in [0.1, 0.15) is 10.4 Å². The summed E-state index contributed by atoms with van der Waals surface area (Å²) in [5.74, 6) is -0.0431. The normalized spacial score (nSPS) is 15.3. The molecule has 2 aromatic rings. The number of nitrogens with zero attached hydrogens (tertiary/aromatic N) is 1. The number of rotatable bonds is 5. The summed E-state index contributed by atoms with van der Waals surface area (Å²) in [6, 6.07) is 11.0. The van der Waals surface area contributed by atoms with E-state index in [1.165, 1.54) is 29.6 Å². The topological polar surface area (TPSA) is 84.9 Å². The van der Waals surface area contributed by atoms with Gasteiger partial charge in [-0.2, -0.15) is 4.31 Å². The van der Waals surface area contributed by atoms with E-state index in [2.05, 4.69) is 5.32 Å². The summed E-state index contributed by atoms with van der Waals surface area (Å²) in [7, 11) is -2.23. The van der Waals surface area contributed by atoms with E-state index in [1.807, 2.05) is 0 Å². The fourth-order valence-corrected chi connectivity index (χ4v) is 4.32. The Morgan fingerprint density at radius 2 is 1.89 bits per heavy atom. The van der Waals surface area contributed by atoms with Gasteiger partial charge in [-0.3, -0.25) is 4.79 Å². The number of carbonyl (C=O) groups is 1. The predicted octanol–water partition coefficient (Wildman–Crippen LogP) is 2.62. The van der Waals surface area contributed by atoms with Gasteiger partial charge < -0.3 is 14.8 Å². The van der Waals surface area contributed by atoms with Crippen LogP contribution in [-0.4, -0.2) is 52.0 Å². The number of halogens is 1. The van der Waals surface area contributed by atoms with Crippen molar-refractivity contribution in [2.45, 2.75) is 4.90 Å². The lowest BCUT2D eigenvalue weighted by atomic mass is 10.2. The Balaban J connectivity index is 1.88. The van der Waals surface area contributed by atoms with Crippen LogP contribution in [0.15, 0.2) is 47.4 Å². The molecule has 0 saturated carbocycles. The Morgan fingerprint density at radius 1 is 1.19 bits per heavy atom. The van der Waals surface area contributed by atoms with E-state index in [9.17, 15) is 13.2 Å². The molecule has 144 valence electrons. The number of sulfonamides is 1. The van der Waals surface area contributed by atoms with Crippen molar-refractivity contribution in [2.75, 3.05) is 38.7 Å². The second-order valence-electron chi connectivity index (χ2n) is 5.81. The summed E-state index contributed by atoms with van der Waals surface area (Å²) in [6.07, 6.45) is 0. The molecule has 1 saturated heterocycles. The SMILES string of the molecule is COc1ccccc1C(=O)Nc1cc(S(=O)(=O)N2CCOCC2)ccc1Cl. The molecule has 0 spiro atoms. The average molecular weight is 411 g/mol. The van der Waals surface area contributed by atoms with Crippen LogP contribution in [0.4, 0.5) is 5.69 Å². The lowest BCUT2D eigenvalue weighted by molar-refractivity contribution is 0.0730. The zero-order chi connectivity index (χ0) is 19.4. The third kappa shape index (κ3) is 4.24. The van der Waals surface area contributed by atoms with Gasteiger partial charge in [-0.15, -0.1) is 0 Å². The first-order valence-electron chi connectivity index (χ1n) is 8.25. The highest BCUT2D eigenvalue weighted by Crippen LogP contribution is 2.28. The number of benzene rings is 2. The minimum Gasteiger partial charge on any atom is -0.496 e. The summed E-state index contributed by atoms with van der Waals surface area (Å²) in [5.41, 5.74) is 0.527. The first-order chi connectivity index (χ1) is 12.9. The molecule has 1 aliphatic rings. The van der Waals surface area contributed by atoms with Gasteiger partial charge in [-0.25, -0.2) is 8.42 Å². The molecular formula is C18H19ClN2O5S. The summed E-state index contributed by atoms with van der Waals surface area (Å²) in [4.78, 5) is 12.6. The van der Waals surface area contributed by atoms with Crippen LogP contribution in [0.2, 0.25) is 5.02 Å². The lowest BCUT2D eigenvalue weighted by Crippen LogP contribution is -2.40. The molecule has 0 radical (unpaired) electrons. The highest BCUT2D eigenvalue weighted by Gasteiger charge is 2.27. The van der Waals surface area contributed by atoms with Crippen molar-refractivity contribution >= 4 is 33.2 Å². The number of nitrogens with one attached hydrogen (secondary N) is 1. The van der Waals surface area contributed by atoms with Gasteiger partial charge in [0.25, 0.3) is 5.91 Å². The van der Waals surface area contributed by atoms with Crippen molar-refractivity contribution in [2.24, 2.45) is 0 Å². The summed E-state index contributed by atoms with van der Waals surface area (Å²) < 4.78 is 37.3. The Bertz CT molecular complexity index is 943. The maximum Gasteiger partial charge on any atom is 0.259 e. The molecule has 27 heavy (non-hydrogen) atoms. The molecular weight excluding hydrogens is 392 g/mol. The van der Waals surface area contributed by atoms with Crippen LogP contribution in [0, 0.1) is 0 Å². The molecule has 2 aromatic carbocycles. The highest BCUT2D eigenvalue weighted by molar-refractivity contribution is 7.89. The van der Waals surface area contributed by atoms with E-state index in [1.54, 1.807) is 24.3 Å². The van der Waals surface area contributed by atoms with Crippen LogP contribution in [-0.2, 0) is 14.8 Å². The number of methoxy groups -OCH3 is 1. The molecule has 1 aliphatic heterocycles. The maximum absolute atomic E-state index is 12.8. The number of ether oxygens (including phenoxy) is 2. The predicted molar refractivity (Wildman–Crippen MR) is 102 cm³/mol. The van der Waals surface area contributed by atoms with Crippen molar-refractivity contribution in [3.63, 3.8) is 0 Å². The van der Waals surface area contributed by atoms with E-state index in [0.29, 0.717) is 24.5 Å². The molecule has 1 fully saturated rings. The average Bonchev–Trinajstić information content (AvgIpc) is 2.70. The molecule has 7 nitrogen and oxygen atoms in total. The minimum absolute atomic E-state index is 0.0594. The third-order valence-corrected chi connectivity index (χ3v) is 6.37. The van der Waals surface area contributed by atoms with Crippen molar-refractivity contribution in [1.29, 1.82) is 0 Å². The standard InChI is InChI=1S/C18H19ClN2O5S/c1-25-17-5-3-2-4-14(17)18(22)20-16-12-13(6-7-15(16)19)27(23,24)21-8-10-26-11-9-21/h2-7,12H,8-11H2,1H3,(H,20,22). The highest BCUT2D eigenvalue weighted by atomic mass is 35.5. The number of anilines is 1. The van der Waals surface area contributed by atoms with E-state index in [-0.39, 0.29) is 28.7 Å². The van der Waals surface area contributed by atoms with Gasteiger partial charge in [0.2, 0.25) is 10.0 Å². The Labute approximate surface area is 162 Å². The van der Waals surface area contributed by atoms with Gasteiger partial charge >= 0.3 is 0 Å². The van der Waals surface area contributed by atoms with Gasteiger partial charge in [0, 0.05) is 13.1 Å². The summed E-state index contributed by atoms with van der Waals surface area (Å²) >= 11 is 6.16. The van der Waals surface area contributed by atoms with Gasteiger partial charge in [0.1, 0.15) is 5.75 Å². The van der Waals surface area contributed by atoms with Crippen LogP contribution in [0.5, 0.6) is 5.75 Å². The quantitative estimate of drug-likeness (QED) is 0.819. The van der Waals surface area contributed by atoms with Crippen LogP contribution in [0.25, 0.3) is 0 Å². The van der Waals surface area contributed by atoms with Gasteiger partial charge in [0.05, 0.1) is 41.5 Å². The minimum atomic E-state index is -3.70. The Morgan fingerprint density at radius 3 is 2.59 bits per heavy atom. The molecule has 0 aromatic heterocycles. The van der Waals surface area contributed by atoms with Gasteiger partial charge in [0.15, 0.2) is 0 Å². The van der Waals surface area contributed by atoms with E-state index in [0.717, 1.165) is 0 Å². The first-order valence-corrected chi connectivity index (χ1v) is 10.1. The monoisotopic (exact) mass is 410 g/mol. The molecule has 3 rings (SSSR count). The zero-order valence-electron chi connectivity index (χ0n) is 14.6. The number of amides is 1. The first kappa shape index (κ1) is 19.6.